The maximum absolute atomic E-state index is 12.8. The van der Waals surface area contributed by atoms with E-state index < -0.39 is 5.95 Å². The van der Waals surface area contributed by atoms with Gasteiger partial charge in [0.1, 0.15) is 5.82 Å². The Labute approximate surface area is 108 Å². The summed E-state index contributed by atoms with van der Waals surface area (Å²) in [4.78, 5) is 3.69. The molecule has 0 fully saturated rings. The number of aromatic nitrogens is 1. The highest BCUT2D eigenvalue weighted by atomic mass is 35.5. The lowest BCUT2D eigenvalue weighted by Gasteiger charge is -2.07. The molecule has 1 aromatic carbocycles. The lowest BCUT2D eigenvalue weighted by Crippen LogP contribution is -2.02. The van der Waals surface area contributed by atoms with Gasteiger partial charge in [0.05, 0.1) is 0 Å². The van der Waals surface area contributed by atoms with Gasteiger partial charge < -0.3 is 5.32 Å². The zero-order valence-electron chi connectivity index (χ0n) is 8.75. The first-order valence-electron chi connectivity index (χ1n) is 4.95. The van der Waals surface area contributed by atoms with Gasteiger partial charge in [0, 0.05) is 16.6 Å². The molecule has 0 spiro atoms. The standard InChI is InChI=1S/C12H9Cl2FN2/c13-9-4-5-10(14)8(6-9)7-16-12-3-1-2-11(15)17-12/h1-6H,7H2,(H,16,17). The minimum atomic E-state index is -0.521. The topological polar surface area (TPSA) is 24.9 Å². The molecular formula is C12H9Cl2FN2. The monoisotopic (exact) mass is 270 g/mol. The third-order valence-electron chi connectivity index (χ3n) is 2.18. The second-order valence-corrected chi connectivity index (χ2v) is 4.28. The quantitative estimate of drug-likeness (QED) is 0.848. The van der Waals surface area contributed by atoms with Gasteiger partial charge >= 0.3 is 0 Å². The van der Waals surface area contributed by atoms with Crippen LogP contribution in [-0.2, 0) is 6.54 Å². The lowest BCUT2D eigenvalue weighted by molar-refractivity contribution is 0.585. The Morgan fingerprint density at radius 3 is 2.76 bits per heavy atom. The van der Waals surface area contributed by atoms with Gasteiger partial charge in [-0.1, -0.05) is 29.3 Å². The van der Waals surface area contributed by atoms with Crippen LogP contribution in [0.5, 0.6) is 0 Å². The molecule has 0 saturated heterocycles. The van der Waals surface area contributed by atoms with E-state index in [9.17, 15) is 4.39 Å². The van der Waals surface area contributed by atoms with Crippen molar-refractivity contribution in [3.63, 3.8) is 0 Å². The molecule has 17 heavy (non-hydrogen) atoms. The highest BCUT2D eigenvalue weighted by Crippen LogP contribution is 2.21. The zero-order chi connectivity index (χ0) is 12.3. The second-order valence-electron chi connectivity index (χ2n) is 3.43. The second kappa shape index (κ2) is 5.34. The Morgan fingerprint density at radius 1 is 1.18 bits per heavy atom. The Bertz CT molecular complexity index is 532. The number of hydrogen-bond donors (Lipinski definition) is 1. The smallest absolute Gasteiger partial charge is 0.214 e. The van der Waals surface area contributed by atoms with Crippen LogP contribution in [-0.4, -0.2) is 4.98 Å². The van der Waals surface area contributed by atoms with E-state index in [0.29, 0.717) is 22.4 Å². The first kappa shape index (κ1) is 12.1. The fraction of sp³-hybridized carbons (Fsp3) is 0.0833. The summed E-state index contributed by atoms with van der Waals surface area (Å²) in [7, 11) is 0. The van der Waals surface area contributed by atoms with E-state index in [-0.39, 0.29) is 0 Å². The van der Waals surface area contributed by atoms with Gasteiger partial charge in [0.2, 0.25) is 5.95 Å². The van der Waals surface area contributed by atoms with Crippen molar-refractivity contribution in [1.82, 2.24) is 4.98 Å². The van der Waals surface area contributed by atoms with Crippen LogP contribution in [0.3, 0.4) is 0 Å². The first-order chi connectivity index (χ1) is 8.15. The zero-order valence-corrected chi connectivity index (χ0v) is 10.3. The maximum atomic E-state index is 12.8. The largest absolute Gasteiger partial charge is 0.366 e. The van der Waals surface area contributed by atoms with Crippen molar-refractivity contribution in [3.8, 4) is 0 Å². The number of anilines is 1. The van der Waals surface area contributed by atoms with Gasteiger partial charge in [0.25, 0.3) is 0 Å². The summed E-state index contributed by atoms with van der Waals surface area (Å²) in [6, 6.07) is 9.76. The van der Waals surface area contributed by atoms with Gasteiger partial charge in [-0.15, -0.1) is 0 Å². The average Bonchev–Trinajstić information content (AvgIpc) is 2.30. The summed E-state index contributed by atoms with van der Waals surface area (Å²) in [5, 5.41) is 4.19. The SMILES string of the molecule is Fc1cccc(NCc2cc(Cl)ccc2Cl)n1. The number of benzene rings is 1. The minimum absolute atomic E-state index is 0.440. The minimum Gasteiger partial charge on any atom is -0.366 e. The number of hydrogen-bond acceptors (Lipinski definition) is 2. The van der Waals surface area contributed by atoms with E-state index >= 15 is 0 Å². The predicted octanol–water partition coefficient (Wildman–Crippen LogP) is 4.14. The van der Waals surface area contributed by atoms with Crippen molar-refractivity contribution >= 4 is 29.0 Å². The molecule has 0 amide bonds. The Kier molecular flexibility index (Phi) is 3.82. The molecule has 2 nitrogen and oxygen atoms in total. The van der Waals surface area contributed by atoms with Crippen molar-refractivity contribution < 1.29 is 4.39 Å². The maximum Gasteiger partial charge on any atom is 0.214 e. The number of halogens is 3. The summed E-state index contributed by atoms with van der Waals surface area (Å²) in [5.41, 5.74) is 0.838. The molecule has 0 aliphatic carbocycles. The number of rotatable bonds is 3. The van der Waals surface area contributed by atoms with E-state index in [0.717, 1.165) is 5.56 Å². The molecule has 0 unspecified atom stereocenters. The summed E-state index contributed by atoms with van der Waals surface area (Å²) in [6.07, 6.45) is 0. The lowest BCUT2D eigenvalue weighted by atomic mass is 10.2. The molecule has 0 saturated carbocycles. The fourth-order valence-corrected chi connectivity index (χ4v) is 1.75. The van der Waals surface area contributed by atoms with Crippen LogP contribution in [0.25, 0.3) is 0 Å². The normalized spacial score (nSPS) is 10.3. The van der Waals surface area contributed by atoms with Crippen LogP contribution < -0.4 is 5.32 Å². The molecule has 88 valence electrons. The molecule has 2 rings (SSSR count). The van der Waals surface area contributed by atoms with Gasteiger partial charge in [-0.05, 0) is 35.9 Å². The van der Waals surface area contributed by atoms with Crippen molar-refractivity contribution in [1.29, 1.82) is 0 Å². The molecule has 1 aromatic heterocycles. The van der Waals surface area contributed by atoms with Crippen molar-refractivity contribution in [3.05, 3.63) is 58.0 Å². The Balaban J connectivity index is 2.09. The van der Waals surface area contributed by atoms with E-state index in [2.05, 4.69) is 10.3 Å². The number of nitrogens with one attached hydrogen (secondary N) is 1. The number of nitrogens with zero attached hydrogens (tertiary/aromatic N) is 1. The van der Waals surface area contributed by atoms with Gasteiger partial charge in [-0.2, -0.15) is 4.39 Å². The fourth-order valence-electron chi connectivity index (χ4n) is 1.37. The Hall–Kier alpha value is -1.32. The van der Waals surface area contributed by atoms with Crippen LogP contribution in [0, 0.1) is 5.95 Å². The van der Waals surface area contributed by atoms with Gasteiger partial charge in [0.15, 0.2) is 0 Å². The van der Waals surface area contributed by atoms with E-state index in [1.165, 1.54) is 6.07 Å². The molecule has 0 radical (unpaired) electrons. The Morgan fingerprint density at radius 2 is 2.00 bits per heavy atom. The highest BCUT2D eigenvalue weighted by Gasteiger charge is 2.02. The van der Waals surface area contributed by atoms with Crippen LogP contribution >= 0.6 is 23.2 Å². The molecule has 0 aliphatic rings. The third kappa shape index (κ3) is 3.32. The van der Waals surface area contributed by atoms with Gasteiger partial charge in [-0.3, -0.25) is 0 Å². The predicted molar refractivity (Wildman–Crippen MR) is 68.0 cm³/mol. The number of pyridine rings is 1. The molecular weight excluding hydrogens is 262 g/mol. The van der Waals surface area contributed by atoms with E-state index in [4.69, 9.17) is 23.2 Å². The highest BCUT2D eigenvalue weighted by molar-refractivity contribution is 6.33. The van der Waals surface area contributed by atoms with E-state index in [1.54, 1.807) is 30.3 Å². The summed E-state index contributed by atoms with van der Waals surface area (Å²) < 4.78 is 12.8. The molecule has 2 aromatic rings. The van der Waals surface area contributed by atoms with E-state index in [1.807, 2.05) is 0 Å². The van der Waals surface area contributed by atoms with Crippen LogP contribution in [0.15, 0.2) is 36.4 Å². The molecule has 0 bridgehead atoms. The van der Waals surface area contributed by atoms with Crippen LogP contribution in [0.1, 0.15) is 5.56 Å². The van der Waals surface area contributed by atoms with Crippen molar-refractivity contribution in [2.75, 3.05) is 5.32 Å². The third-order valence-corrected chi connectivity index (χ3v) is 2.79. The van der Waals surface area contributed by atoms with Gasteiger partial charge in [-0.25, -0.2) is 4.98 Å². The van der Waals surface area contributed by atoms with Crippen LogP contribution in [0.2, 0.25) is 10.0 Å². The molecule has 0 aliphatic heterocycles. The molecule has 5 heteroatoms. The van der Waals surface area contributed by atoms with Crippen LogP contribution in [0.4, 0.5) is 10.2 Å². The van der Waals surface area contributed by atoms with Crippen molar-refractivity contribution in [2.24, 2.45) is 0 Å². The summed E-state index contributed by atoms with van der Waals surface area (Å²) in [5.74, 6) is -0.0618. The molecule has 1 heterocycles. The van der Waals surface area contributed by atoms with Crippen molar-refractivity contribution in [2.45, 2.75) is 6.54 Å². The molecule has 0 atom stereocenters. The summed E-state index contributed by atoms with van der Waals surface area (Å²) in [6.45, 7) is 0.440. The molecule has 1 N–H and O–H groups in total. The summed E-state index contributed by atoms with van der Waals surface area (Å²) >= 11 is 11.9. The first-order valence-corrected chi connectivity index (χ1v) is 5.71. The average molecular weight is 271 g/mol.